The first kappa shape index (κ1) is 16.4. The number of hydrogen-bond acceptors (Lipinski definition) is 4. The SMILES string of the molecule is O=C(CCc1ccc(S(=O)(=O)NC2CC2)cc1)N1CCNCC1. The maximum atomic E-state index is 12.1. The van der Waals surface area contributed by atoms with Crippen molar-refractivity contribution >= 4 is 15.9 Å². The van der Waals surface area contributed by atoms with Gasteiger partial charge >= 0.3 is 0 Å². The number of piperazine rings is 1. The summed E-state index contributed by atoms with van der Waals surface area (Å²) >= 11 is 0. The molecule has 0 unspecified atom stereocenters. The molecule has 0 aromatic heterocycles. The highest BCUT2D eigenvalue weighted by atomic mass is 32.2. The van der Waals surface area contributed by atoms with E-state index in [1.807, 2.05) is 4.90 Å². The predicted octanol–water partition coefficient (Wildman–Crippen LogP) is 0.492. The van der Waals surface area contributed by atoms with Gasteiger partial charge in [0, 0.05) is 38.6 Å². The molecule has 1 aromatic rings. The van der Waals surface area contributed by atoms with E-state index >= 15 is 0 Å². The van der Waals surface area contributed by atoms with Gasteiger partial charge in [0.25, 0.3) is 0 Å². The predicted molar refractivity (Wildman–Crippen MR) is 87.6 cm³/mol. The van der Waals surface area contributed by atoms with E-state index in [9.17, 15) is 13.2 Å². The highest BCUT2D eigenvalue weighted by molar-refractivity contribution is 7.89. The third-order valence-corrected chi connectivity index (χ3v) is 5.77. The van der Waals surface area contributed by atoms with Gasteiger partial charge in [-0.15, -0.1) is 0 Å². The first-order chi connectivity index (χ1) is 11.0. The summed E-state index contributed by atoms with van der Waals surface area (Å²) in [6.07, 6.45) is 2.95. The van der Waals surface area contributed by atoms with Crippen LogP contribution in [0.1, 0.15) is 24.8 Å². The fourth-order valence-corrected chi connectivity index (χ4v) is 3.95. The quantitative estimate of drug-likeness (QED) is 0.792. The molecule has 1 aromatic carbocycles. The van der Waals surface area contributed by atoms with Crippen molar-refractivity contribution in [2.75, 3.05) is 26.2 Å². The molecule has 1 aliphatic heterocycles. The van der Waals surface area contributed by atoms with Gasteiger partial charge in [-0.1, -0.05) is 12.1 Å². The number of nitrogens with zero attached hydrogens (tertiary/aromatic N) is 1. The van der Waals surface area contributed by atoms with Gasteiger partial charge in [-0.2, -0.15) is 0 Å². The van der Waals surface area contributed by atoms with Gasteiger partial charge in [0.05, 0.1) is 4.90 Å². The summed E-state index contributed by atoms with van der Waals surface area (Å²) in [7, 11) is -3.39. The number of amides is 1. The lowest BCUT2D eigenvalue weighted by molar-refractivity contribution is -0.131. The number of carbonyl (C=O) groups is 1. The number of aryl methyl sites for hydroxylation is 1. The minimum Gasteiger partial charge on any atom is -0.340 e. The largest absolute Gasteiger partial charge is 0.340 e. The Morgan fingerprint density at radius 1 is 1.17 bits per heavy atom. The minimum atomic E-state index is -3.39. The molecule has 2 fully saturated rings. The van der Waals surface area contributed by atoms with Crippen molar-refractivity contribution in [2.24, 2.45) is 0 Å². The topological polar surface area (TPSA) is 78.5 Å². The second-order valence-corrected chi connectivity index (χ2v) is 7.88. The highest BCUT2D eigenvalue weighted by Gasteiger charge is 2.27. The summed E-state index contributed by atoms with van der Waals surface area (Å²) in [5, 5.41) is 3.22. The molecule has 7 heteroatoms. The monoisotopic (exact) mass is 337 g/mol. The summed E-state index contributed by atoms with van der Waals surface area (Å²) in [4.78, 5) is 14.3. The Hall–Kier alpha value is -1.44. The van der Waals surface area contributed by atoms with Crippen molar-refractivity contribution in [2.45, 2.75) is 36.6 Å². The molecular weight excluding hydrogens is 314 g/mol. The molecule has 0 radical (unpaired) electrons. The van der Waals surface area contributed by atoms with E-state index in [0.29, 0.717) is 17.7 Å². The lowest BCUT2D eigenvalue weighted by atomic mass is 10.1. The summed E-state index contributed by atoms with van der Waals surface area (Å²) in [6, 6.07) is 6.94. The first-order valence-corrected chi connectivity index (χ1v) is 9.63. The van der Waals surface area contributed by atoms with Crippen molar-refractivity contribution in [3.8, 4) is 0 Å². The Morgan fingerprint density at radius 3 is 2.43 bits per heavy atom. The van der Waals surface area contributed by atoms with Gasteiger partial charge < -0.3 is 10.2 Å². The molecule has 6 nitrogen and oxygen atoms in total. The van der Waals surface area contributed by atoms with Crippen LogP contribution in [0.3, 0.4) is 0 Å². The normalized spacial score (nSPS) is 18.9. The number of hydrogen-bond donors (Lipinski definition) is 2. The molecule has 1 aliphatic carbocycles. The van der Waals surface area contributed by atoms with Crippen LogP contribution in [-0.2, 0) is 21.2 Å². The minimum absolute atomic E-state index is 0.108. The van der Waals surface area contributed by atoms with E-state index in [-0.39, 0.29) is 11.9 Å². The Balaban J connectivity index is 1.53. The summed E-state index contributed by atoms with van der Waals surface area (Å²) < 4.78 is 26.8. The van der Waals surface area contributed by atoms with Crippen LogP contribution in [0.25, 0.3) is 0 Å². The van der Waals surface area contributed by atoms with Gasteiger partial charge in [0.15, 0.2) is 0 Å². The Morgan fingerprint density at radius 2 is 1.83 bits per heavy atom. The molecule has 1 amide bonds. The second-order valence-electron chi connectivity index (χ2n) is 6.17. The van der Waals surface area contributed by atoms with Gasteiger partial charge in [-0.3, -0.25) is 4.79 Å². The van der Waals surface area contributed by atoms with Gasteiger partial charge in [0.1, 0.15) is 0 Å². The van der Waals surface area contributed by atoms with Crippen molar-refractivity contribution in [1.29, 1.82) is 0 Å². The Bertz CT molecular complexity index is 648. The van der Waals surface area contributed by atoms with E-state index in [2.05, 4.69) is 10.0 Å². The van der Waals surface area contributed by atoms with E-state index < -0.39 is 10.0 Å². The molecule has 3 rings (SSSR count). The molecule has 1 saturated heterocycles. The van der Waals surface area contributed by atoms with Crippen LogP contribution in [-0.4, -0.2) is 51.4 Å². The maximum absolute atomic E-state index is 12.1. The van der Waals surface area contributed by atoms with Gasteiger partial charge in [-0.25, -0.2) is 13.1 Å². The van der Waals surface area contributed by atoms with Crippen molar-refractivity contribution < 1.29 is 13.2 Å². The lowest BCUT2D eigenvalue weighted by Gasteiger charge is -2.27. The van der Waals surface area contributed by atoms with Crippen LogP contribution < -0.4 is 10.0 Å². The maximum Gasteiger partial charge on any atom is 0.240 e. The van der Waals surface area contributed by atoms with Gasteiger partial charge in [0.2, 0.25) is 15.9 Å². The molecule has 0 spiro atoms. The van der Waals surface area contributed by atoms with E-state index in [4.69, 9.17) is 0 Å². The molecule has 2 N–H and O–H groups in total. The van der Waals surface area contributed by atoms with Crippen LogP contribution in [0.15, 0.2) is 29.2 Å². The molecule has 1 saturated carbocycles. The number of sulfonamides is 1. The Kier molecular flexibility index (Phi) is 4.99. The average Bonchev–Trinajstić information content (AvgIpc) is 3.37. The average molecular weight is 337 g/mol. The molecule has 0 atom stereocenters. The van der Waals surface area contributed by atoms with E-state index in [1.165, 1.54) is 0 Å². The fourth-order valence-electron chi connectivity index (χ4n) is 2.65. The van der Waals surface area contributed by atoms with Gasteiger partial charge in [-0.05, 0) is 37.0 Å². The number of nitrogens with one attached hydrogen (secondary N) is 2. The number of benzene rings is 1. The lowest BCUT2D eigenvalue weighted by Crippen LogP contribution is -2.46. The van der Waals surface area contributed by atoms with Crippen molar-refractivity contribution in [3.05, 3.63) is 29.8 Å². The molecular formula is C16H23N3O3S. The zero-order valence-electron chi connectivity index (χ0n) is 13.1. The summed E-state index contributed by atoms with van der Waals surface area (Å²) in [6.45, 7) is 3.24. The molecule has 126 valence electrons. The summed E-state index contributed by atoms with van der Waals surface area (Å²) in [5.74, 6) is 0.165. The van der Waals surface area contributed by atoms with Crippen LogP contribution >= 0.6 is 0 Å². The molecule has 1 heterocycles. The third-order valence-electron chi connectivity index (χ3n) is 4.23. The molecule has 0 bridgehead atoms. The second kappa shape index (κ2) is 6.98. The van der Waals surface area contributed by atoms with Crippen molar-refractivity contribution in [1.82, 2.24) is 14.9 Å². The zero-order valence-corrected chi connectivity index (χ0v) is 13.9. The zero-order chi connectivity index (χ0) is 16.3. The number of rotatable bonds is 6. The summed E-state index contributed by atoms with van der Waals surface area (Å²) in [5.41, 5.74) is 0.985. The molecule has 23 heavy (non-hydrogen) atoms. The number of carbonyl (C=O) groups excluding carboxylic acids is 1. The standard InChI is InChI=1S/C16H23N3O3S/c20-16(19-11-9-17-10-12-19)8-3-13-1-6-15(7-2-13)23(21,22)18-14-4-5-14/h1-2,6-7,14,17-18H,3-5,8-12H2. The third kappa shape index (κ3) is 4.53. The van der Waals surface area contributed by atoms with Crippen LogP contribution in [0.4, 0.5) is 0 Å². The van der Waals surface area contributed by atoms with Crippen LogP contribution in [0, 0.1) is 0 Å². The van der Waals surface area contributed by atoms with Crippen molar-refractivity contribution in [3.63, 3.8) is 0 Å². The first-order valence-electron chi connectivity index (χ1n) is 8.14. The molecule has 2 aliphatic rings. The Labute approximate surface area is 137 Å². The van der Waals surface area contributed by atoms with E-state index in [0.717, 1.165) is 44.6 Å². The highest BCUT2D eigenvalue weighted by Crippen LogP contribution is 2.22. The van der Waals surface area contributed by atoms with E-state index in [1.54, 1.807) is 24.3 Å². The smallest absolute Gasteiger partial charge is 0.240 e. The van der Waals surface area contributed by atoms with Crippen LogP contribution in [0.5, 0.6) is 0 Å². The fraction of sp³-hybridized carbons (Fsp3) is 0.562. The van der Waals surface area contributed by atoms with Crippen LogP contribution in [0.2, 0.25) is 0 Å².